The topological polar surface area (TPSA) is 17.1 Å². The predicted octanol–water partition coefficient (Wildman–Crippen LogP) is 4.94. The van der Waals surface area contributed by atoms with Gasteiger partial charge in [-0.2, -0.15) is 0 Å². The maximum absolute atomic E-state index is 11.0. The molecule has 98 valence electrons. The quantitative estimate of drug-likeness (QED) is 0.597. The molecule has 20 heavy (non-hydrogen) atoms. The van der Waals surface area contributed by atoms with Gasteiger partial charge < -0.3 is 0 Å². The Morgan fingerprint density at radius 2 is 1.60 bits per heavy atom. The number of benzene rings is 3. The summed E-state index contributed by atoms with van der Waals surface area (Å²) in [7, 11) is 0. The summed E-state index contributed by atoms with van der Waals surface area (Å²) in [6.07, 6.45) is 0.906. The van der Waals surface area contributed by atoms with E-state index in [9.17, 15) is 4.79 Å². The average Bonchev–Trinajstić information content (AvgIpc) is 2.48. The number of fused-ring (bicyclic) bond motifs is 1. The van der Waals surface area contributed by atoms with Gasteiger partial charge in [0.25, 0.3) is 0 Å². The van der Waals surface area contributed by atoms with Crippen molar-refractivity contribution < 1.29 is 4.79 Å². The number of carbonyl (C=O) groups is 1. The molecule has 0 radical (unpaired) electrons. The zero-order chi connectivity index (χ0) is 14.1. The van der Waals surface area contributed by atoms with Gasteiger partial charge in [-0.1, -0.05) is 48.5 Å². The van der Waals surface area contributed by atoms with Crippen LogP contribution in [0.4, 0.5) is 0 Å². The summed E-state index contributed by atoms with van der Waals surface area (Å²) in [5.41, 5.74) is 5.51. The minimum Gasteiger partial charge on any atom is -0.298 e. The summed E-state index contributed by atoms with van der Waals surface area (Å²) < 4.78 is 0. The second kappa shape index (κ2) is 4.93. The molecule has 3 rings (SSSR count). The van der Waals surface area contributed by atoms with E-state index in [-0.39, 0.29) is 0 Å². The first kappa shape index (κ1) is 12.6. The lowest BCUT2D eigenvalue weighted by Gasteiger charge is -2.13. The van der Waals surface area contributed by atoms with Crippen molar-refractivity contribution in [3.05, 3.63) is 71.3 Å². The van der Waals surface area contributed by atoms with Crippen LogP contribution in [0.3, 0.4) is 0 Å². The average molecular weight is 260 g/mol. The molecular weight excluding hydrogens is 244 g/mol. The van der Waals surface area contributed by atoms with Crippen molar-refractivity contribution in [1.29, 1.82) is 0 Å². The summed E-state index contributed by atoms with van der Waals surface area (Å²) in [6, 6.07) is 18.5. The van der Waals surface area contributed by atoms with Gasteiger partial charge in [0.15, 0.2) is 0 Å². The molecule has 3 aromatic rings. The summed E-state index contributed by atoms with van der Waals surface area (Å²) in [6.45, 7) is 4.21. The van der Waals surface area contributed by atoms with Crippen molar-refractivity contribution in [2.24, 2.45) is 0 Å². The zero-order valence-electron chi connectivity index (χ0n) is 11.7. The Morgan fingerprint density at radius 3 is 2.40 bits per heavy atom. The largest absolute Gasteiger partial charge is 0.298 e. The van der Waals surface area contributed by atoms with E-state index in [1.165, 1.54) is 27.5 Å². The van der Waals surface area contributed by atoms with E-state index in [1.807, 2.05) is 18.2 Å². The fraction of sp³-hybridized carbons (Fsp3) is 0.105. The third-order valence-electron chi connectivity index (χ3n) is 3.80. The van der Waals surface area contributed by atoms with Crippen LogP contribution in [0.25, 0.3) is 21.9 Å². The molecule has 3 aromatic carbocycles. The van der Waals surface area contributed by atoms with Crippen molar-refractivity contribution in [2.75, 3.05) is 0 Å². The van der Waals surface area contributed by atoms with Crippen molar-refractivity contribution >= 4 is 17.1 Å². The first-order valence-electron chi connectivity index (χ1n) is 6.75. The highest BCUT2D eigenvalue weighted by Crippen LogP contribution is 2.34. The Balaban J connectivity index is 2.39. The van der Waals surface area contributed by atoms with Crippen LogP contribution >= 0.6 is 0 Å². The normalized spacial score (nSPS) is 10.7. The molecule has 0 aliphatic carbocycles. The minimum absolute atomic E-state index is 0.720. The van der Waals surface area contributed by atoms with E-state index < -0.39 is 0 Å². The van der Waals surface area contributed by atoms with Gasteiger partial charge in [-0.15, -0.1) is 0 Å². The smallest absolute Gasteiger partial charge is 0.150 e. The molecule has 0 fully saturated rings. The lowest BCUT2D eigenvalue weighted by Crippen LogP contribution is -1.91. The van der Waals surface area contributed by atoms with E-state index in [0.717, 1.165) is 17.4 Å². The number of hydrogen-bond donors (Lipinski definition) is 0. The van der Waals surface area contributed by atoms with E-state index in [2.05, 4.69) is 50.2 Å². The molecule has 0 aliphatic rings. The molecule has 1 heteroatoms. The van der Waals surface area contributed by atoms with E-state index >= 15 is 0 Å². The van der Waals surface area contributed by atoms with E-state index in [0.29, 0.717) is 0 Å². The Kier molecular flexibility index (Phi) is 3.11. The molecule has 0 saturated heterocycles. The molecule has 0 atom stereocenters. The maximum atomic E-state index is 11.0. The van der Waals surface area contributed by atoms with E-state index in [4.69, 9.17) is 0 Å². The van der Waals surface area contributed by atoms with E-state index in [1.54, 1.807) is 0 Å². The molecule has 0 N–H and O–H groups in total. The van der Waals surface area contributed by atoms with Gasteiger partial charge in [-0.05, 0) is 52.9 Å². The lowest BCUT2D eigenvalue weighted by molar-refractivity contribution is 0.112. The molecule has 0 saturated carbocycles. The highest BCUT2D eigenvalue weighted by atomic mass is 16.1. The second-order valence-electron chi connectivity index (χ2n) is 5.17. The third-order valence-corrected chi connectivity index (χ3v) is 3.80. The standard InChI is InChI=1S/C19H16O/c1-13-7-9-15(12-20)11-18(13)19-14(2)8-10-16-5-3-4-6-17(16)19/h3-12H,1-2H3. The highest BCUT2D eigenvalue weighted by Gasteiger charge is 2.10. The molecule has 0 heterocycles. The van der Waals surface area contributed by atoms with Crippen LogP contribution < -0.4 is 0 Å². The first-order valence-corrected chi connectivity index (χ1v) is 6.75. The first-order chi connectivity index (χ1) is 9.70. The van der Waals surface area contributed by atoms with Crippen molar-refractivity contribution in [3.63, 3.8) is 0 Å². The number of aryl methyl sites for hydroxylation is 2. The number of carbonyl (C=O) groups excluding carboxylic acids is 1. The third kappa shape index (κ3) is 2.01. The maximum Gasteiger partial charge on any atom is 0.150 e. The van der Waals surface area contributed by atoms with Gasteiger partial charge in [-0.3, -0.25) is 4.79 Å². The SMILES string of the molecule is Cc1ccc(C=O)cc1-c1c(C)ccc2ccccc12. The second-order valence-corrected chi connectivity index (χ2v) is 5.17. The summed E-state index contributed by atoms with van der Waals surface area (Å²) in [4.78, 5) is 11.0. The highest BCUT2D eigenvalue weighted by molar-refractivity contribution is 5.99. The number of rotatable bonds is 2. The number of hydrogen-bond acceptors (Lipinski definition) is 1. The van der Waals surface area contributed by atoms with Gasteiger partial charge in [0, 0.05) is 5.56 Å². The van der Waals surface area contributed by atoms with Gasteiger partial charge in [-0.25, -0.2) is 0 Å². The van der Waals surface area contributed by atoms with Crippen LogP contribution in [0, 0.1) is 13.8 Å². The molecule has 0 spiro atoms. The summed E-state index contributed by atoms with van der Waals surface area (Å²) >= 11 is 0. The fourth-order valence-electron chi connectivity index (χ4n) is 2.72. The monoisotopic (exact) mass is 260 g/mol. The van der Waals surface area contributed by atoms with Gasteiger partial charge in [0.2, 0.25) is 0 Å². The zero-order valence-corrected chi connectivity index (χ0v) is 11.7. The summed E-state index contributed by atoms with van der Waals surface area (Å²) in [5.74, 6) is 0. The molecule has 0 aliphatic heterocycles. The molecular formula is C19H16O. The van der Waals surface area contributed by atoms with Crippen LogP contribution in [0.2, 0.25) is 0 Å². The predicted molar refractivity (Wildman–Crippen MR) is 84.2 cm³/mol. The molecule has 0 aromatic heterocycles. The van der Waals surface area contributed by atoms with Crippen LogP contribution in [0.15, 0.2) is 54.6 Å². The van der Waals surface area contributed by atoms with Crippen LogP contribution in [0.5, 0.6) is 0 Å². The molecule has 0 amide bonds. The van der Waals surface area contributed by atoms with Gasteiger partial charge >= 0.3 is 0 Å². The Hall–Kier alpha value is -2.41. The van der Waals surface area contributed by atoms with Crippen LogP contribution in [0.1, 0.15) is 21.5 Å². The summed E-state index contributed by atoms with van der Waals surface area (Å²) in [5, 5.41) is 2.46. The fourth-order valence-corrected chi connectivity index (χ4v) is 2.72. The molecule has 0 unspecified atom stereocenters. The lowest BCUT2D eigenvalue weighted by atomic mass is 9.90. The Bertz CT molecular complexity index is 800. The molecule has 0 bridgehead atoms. The van der Waals surface area contributed by atoms with Crippen LogP contribution in [-0.4, -0.2) is 6.29 Å². The molecule has 1 nitrogen and oxygen atoms in total. The van der Waals surface area contributed by atoms with Crippen LogP contribution in [-0.2, 0) is 0 Å². The van der Waals surface area contributed by atoms with Gasteiger partial charge in [0.05, 0.1) is 0 Å². The van der Waals surface area contributed by atoms with Gasteiger partial charge in [0.1, 0.15) is 6.29 Å². The van der Waals surface area contributed by atoms with Crippen molar-refractivity contribution in [3.8, 4) is 11.1 Å². The van der Waals surface area contributed by atoms with Crippen molar-refractivity contribution in [1.82, 2.24) is 0 Å². The Morgan fingerprint density at radius 1 is 0.850 bits per heavy atom. The van der Waals surface area contributed by atoms with Crippen molar-refractivity contribution in [2.45, 2.75) is 13.8 Å². The number of aldehydes is 1. The Labute approximate surface area is 118 Å². The minimum atomic E-state index is 0.720.